The molecule has 0 amide bonds. The lowest BCUT2D eigenvalue weighted by Crippen LogP contribution is -2.32. The lowest BCUT2D eigenvalue weighted by Gasteiger charge is -2.11. The molecule has 4 heteroatoms. The number of hydrogen-bond donors (Lipinski definition) is 0. The number of aromatic nitrogens is 4. The van der Waals surface area contributed by atoms with Gasteiger partial charge < -0.3 is 0 Å². The summed E-state index contributed by atoms with van der Waals surface area (Å²) >= 11 is 0. The van der Waals surface area contributed by atoms with E-state index in [1.807, 2.05) is 13.8 Å². The third-order valence-electron chi connectivity index (χ3n) is 5.40. The maximum atomic E-state index is 4.57. The van der Waals surface area contributed by atoms with Gasteiger partial charge in [-0.25, -0.2) is 15.0 Å². The van der Waals surface area contributed by atoms with E-state index >= 15 is 0 Å². The van der Waals surface area contributed by atoms with Crippen LogP contribution in [0.3, 0.4) is 0 Å². The summed E-state index contributed by atoms with van der Waals surface area (Å²) in [6.45, 7) is 10.3. The summed E-state index contributed by atoms with van der Waals surface area (Å²) in [4.78, 5) is 13.5. The molecule has 28 heavy (non-hydrogen) atoms. The van der Waals surface area contributed by atoms with Gasteiger partial charge >= 0.3 is 0 Å². The Morgan fingerprint density at radius 2 is 1.46 bits per heavy atom. The minimum Gasteiger partial charge on any atom is -0.219 e. The van der Waals surface area contributed by atoms with Crippen molar-refractivity contribution in [2.24, 2.45) is 7.05 Å². The van der Waals surface area contributed by atoms with E-state index in [0.717, 1.165) is 33.9 Å². The van der Waals surface area contributed by atoms with Crippen molar-refractivity contribution in [1.82, 2.24) is 15.0 Å². The molecule has 4 aromatic rings. The first-order valence-corrected chi connectivity index (χ1v) is 9.55. The molecule has 0 aliphatic heterocycles. The van der Waals surface area contributed by atoms with Crippen molar-refractivity contribution in [3.8, 4) is 22.6 Å². The van der Waals surface area contributed by atoms with Crippen LogP contribution in [0.25, 0.3) is 33.5 Å². The quantitative estimate of drug-likeness (QED) is 0.480. The van der Waals surface area contributed by atoms with Crippen molar-refractivity contribution < 1.29 is 4.57 Å². The largest absolute Gasteiger partial charge is 0.219 e. The van der Waals surface area contributed by atoms with Gasteiger partial charge in [-0.15, -0.1) is 0 Å². The van der Waals surface area contributed by atoms with Crippen LogP contribution in [0, 0.1) is 34.6 Å². The van der Waals surface area contributed by atoms with Gasteiger partial charge in [-0.1, -0.05) is 23.8 Å². The predicted octanol–water partition coefficient (Wildman–Crippen LogP) is 4.73. The van der Waals surface area contributed by atoms with E-state index in [4.69, 9.17) is 0 Å². The number of aryl methyl sites for hydroxylation is 5. The van der Waals surface area contributed by atoms with Gasteiger partial charge in [-0.05, 0) is 57.9 Å². The average Bonchev–Trinajstić information content (AvgIpc) is 2.64. The van der Waals surface area contributed by atoms with Crippen LogP contribution in [0.4, 0.5) is 0 Å². The predicted molar refractivity (Wildman–Crippen MR) is 113 cm³/mol. The molecule has 0 N–H and O–H groups in total. The average molecular weight is 369 g/mol. The van der Waals surface area contributed by atoms with Crippen molar-refractivity contribution in [3.63, 3.8) is 0 Å². The Morgan fingerprint density at radius 1 is 0.750 bits per heavy atom. The van der Waals surface area contributed by atoms with Crippen molar-refractivity contribution in [2.45, 2.75) is 34.6 Å². The molecule has 0 atom stereocenters. The highest BCUT2D eigenvalue weighted by Gasteiger charge is 2.19. The number of fused-ring (bicyclic) bond motifs is 1. The Labute approximate surface area is 166 Å². The summed E-state index contributed by atoms with van der Waals surface area (Å²) in [5.74, 6) is 2.21. The molecule has 0 radical (unpaired) electrons. The van der Waals surface area contributed by atoms with Gasteiger partial charge in [0, 0.05) is 23.3 Å². The van der Waals surface area contributed by atoms with E-state index in [1.165, 1.54) is 27.9 Å². The van der Waals surface area contributed by atoms with Crippen LogP contribution in [-0.2, 0) is 7.05 Å². The second-order valence-corrected chi connectivity index (χ2v) is 7.52. The molecule has 2 heterocycles. The molecule has 0 aliphatic rings. The van der Waals surface area contributed by atoms with E-state index < -0.39 is 0 Å². The fourth-order valence-corrected chi connectivity index (χ4v) is 3.93. The lowest BCUT2D eigenvalue weighted by molar-refractivity contribution is -0.633. The minimum absolute atomic E-state index is 0.728. The van der Waals surface area contributed by atoms with Crippen LogP contribution < -0.4 is 4.57 Å². The fourth-order valence-electron chi connectivity index (χ4n) is 3.93. The van der Waals surface area contributed by atoms with Gasteiger partial charge in [-0.3, -0.25) is 0 Å². The number of hydrogen-bond acceptors (Lipinski definition) is 3. The van der Waals surface area contributed by atoms with Crippen molar-refractivity contribution in [2.75, 3.05) is 0 Å². The summed E-state index contributed by atoms with van der Waals surface area (Å²) in [7, 11) is 2.13. The van der Waals surface area contributed by atoms with Crippen molar-refractivity contribution in [1.29, 1.82) is 0 Å². The van der Waals surface area contributed by atoms with Crippen LogP contribution in [-0.4, -0.2) is 15.0 Å². The smallest absolute Gasteiger partial charge is 0.213 e. The van der Waals surface area contributed by atoms with E-state index in [1.54, 1.807) is 0 Å². The highest BCUT2D eigenvalue weighted by atomic mass is 15.0. The molecule has 0 saturated heterocycles. The van der Waals surface area contributed by atoms with Gasteiger partial charge in [0.05, 0.1) is 5.39 Å². The van der Waals surface area contributed by atoms with E-state index in [2.05, 4.69) is 89.8 Å². The van der Waals surface area contributed by atoms with Gasteiger partial charge in [0.1, 0.15) is 18.7 Å². The Balaban J connectivity index is 1.97. The number of rotatable bonds is 2. The molecule has 0 spiro atoms. The second kappa shape index (κ2) is 6.79. The van der Waals surface area contributed by atoms with Gasteiger partial charge in [0.25, 0.3) is 0 Å². The number of benzene rings is 2. The molecule has 4 nitrogen and oxygen atoms in total. The normalized spacial score (nSPS) is 11.2. The van der Waals surface area contributed by atoms with Crippen molar-refractivity contribution in [3.05, 3.63) is 70.8 Å². The topological polar surface area (TPSA) is 42.6 Å². The van der Waals surface area contributed by atoms with Gasteiger partial charge in [0.15, 0.2) is 5.82 Å². The van der Waals surface area contributed by atoms with Crippen molar-refractivity contribution >= 4 is 10.9 Å². The molecular weight excluding hydrogens is 344 g/mol. The molecule has 0 aliphatic carbocycles. The SMILES string of the molecule is Cc1cc(C)c(C)c(-c2ccc3c(-c4nc(C)nc(C)n4)cccc3[n+]2C)c1. The third kappa shape index (κ3) is 3.05. The molecule has 0 unspecified atom stereocenters. The van der Waals surface area contributed by atoms with E-state index in [9.17, 15) is 0 Å². The Morgan fingerprint density at radius 3 is 2.18 bits per heavy atom. The molecule has 0 bridgehead atoms. The Hall–Kier alpha value is -3.14. The van der Waals surface area contributed by atoms with Crippen LogP contribution in [0.5, 0.6) is 0 Å². The summed E-state index contributed by atoms with van der Waals surface area (Å²) in [5, 5.41) is 1.14. The fraction of sp³-hybridized carbons (Fsp3) is 0.250. The monoisotopic (exact) mass is 369 g/mol. The molecule has 0 saturated carbocycles. The van der Waals surface area contributed by atoms with Gasteiger partial charge in [-0.2, -0.15) is 4.57 Å². The first kappa shape index (κ1) is 18.2. The summed E-state index contributed by atoms with van der Waals surface area (Å²) in [6, 6.07) is 15.2. The Kier molecular flexibility index (Phi) is 4.42. The summed E-state index contributed by atoms with van der Waals surface area (Å²) in [6.07, 6.45) is 0. The van der Waals surface area contributed by atoms with Crippen LogP contribution in [0.15, 0.2) is 42.5 Å². The standard InChI is InChI=1S/C24H25N4/c1-14-12-15(2)16(3)21(13-14)23-11-10-19-20(8-7-9-22(19)28(23)6)24-26-17(4)25-18(5)27-24/h7-13H,1-6H3/q+1. The second-order valence-electron chi connectivity index (χ2n) is 7.52. The van der Waals surface area contributed by atoms with Crippen LogP contribution in [0.2, 0.25) is 0 Å². The summed E-state index contributed by atoms with van der Waals surface area (Å²) in [5.41, 5.74) is 8.59. The van der Waals surface area contributed by atoms with Crippen LogP contribution in [0.1, 0.15) is 28.3 Å². The minimum atomic E-state index is 0.728. The molecule has 0 fully saturated rings. The zero-order chi connectivity index (χ0) is 20.0. The highest BCUT2D eigenvalue weighted by Crippen LogP contribution is 2.29. The Bertz CT molecular complexity index is 1200. The first-order valence-electron chi connectivity index (χ1n) is 9.55. The van der Waals surface area contributed by atoms with Crippen LogP contribution >= 0.6 is 0 Å². The molecule has 2 aromatic heterocycles. The molecule has 140 valence electrons. The first-order chi connectivity index (χ1) is 13.3. The molecule has 4 rings (SSSR count). The van der Waals surface area contributed by atoms with Gasteiger partial charge in [0.2, 0.25) is 11.2 Å². The maximum Gasteiger partial charge on any atom is 0.213 e. The van der Waals surface area contributed by atoms with E-state index in [-0.39, 0.29) is 0 Å². The zero-order valence-corrected chi connectivity index (χ0v) is 17.3. The number of pyridine rings is 1. The third-order valence-corrected chi connectivity index (χ3v) is 5.40. The lowest BCUT2D eigenvalue weighted by atomic mass is 9.96. The summed E-state index contributed by atoms with van der Waals surface area (Å²) < 4.78 is 2.26. The molecule has 2 aromatic carbocycles. The number of nitrogens with zero attached hydrogens (tertiary/aromatic N) is 4. The zero-order valence-electron chi connectivity index (χ0n) is 17.3. The highest BCUT2D eigenvalue weighted by molar-refractivity contribution is 5.92. The van der Waals surface area contributed by atoms with E-state index in [0.29, 0.717) is 0 Å². The molecular formula is C24H25N4+. The maximum absolute atomic E-state index is 4.57.